The van der Waals surface area contributed by atoms with E-state index in [-0.39, 0.29) is 12.0 Å². The standard InChI is InChI=1S/C16H19N3O2/c1-18-15(7-8-17-18)16(20)19-9-10-21-14(12-19)11-13-5-3-2-4-6-13/h2-8,14H,9-12H2,1H3/t14-/m0/s1. The van der Waals surface area contributed by atoms with E-state index in [1.807, 2.05) is 23.1 Å². The van der Waals surface area contributed by atoms with Gasteiger partial charge in [0.2, 0.25) is 0 Å². The highest BCUT2D eigenvalue weighted by Gasteiger charge is 2.26. The summed E-state index contributed by atoms with van der Waals surface area (Å²) in [5.74, 6) is 0.0244. The molecule has 0 spiro atoms. The number of carbonyl (C=O) groups excluding carboxylic acids is 1. The zero-order valence-corrected chi connectivity index (χ0v) is 12.1. The summed E-state index contributed by atoms with van der Waals surface area (Å²) in [6.45, 7) is 1.84. The van der Waals surface area contributed by atoms with Gasteiger partial charge in [0.15, 0.2) is 0 Å². The number of amides is 1. The van der Waals surface area contributed by atoms with Crippen LogP contribution in [0.5, 0.6) is 0 Å². The molecule has 2 aromatic rings. The van der Waals surface area contributed by atoms with Crippen LogP contribution in [0.1, 0.15) is 16.1 Å². The lowest BCUT2D eigenvalue weighted by Crippen LogP contribution is -2.46. The summed E-state index contributed by atoms with van der Waals surface area (Å²) < 4.78 is 7.41. The molecule has 1 atom stereocenters. The summed E-state index contributed by atoms with van der Waals surface area (Å²) in [6.07, 6.45) is 2.53. The first-order valence-electron chi connectivity index (χ1n) is 7.17. The van der Waals surface area contributed by atoms with Gasteiger partial charge in [-0.25, -0.2) is 0 Å². The largest absolute Gasteiger partial charge is 0.374 e. The molecule has 21 heavy (non-hydrogen) atoms. The Morgan fingerprint density at radius 3 is 2.86 bits per heavy atom. The molecule has 0 radical (unpaired) electrons. The number of carbonyl (C=O) groups is 1. The Bertz CT molecular complexity index is 609. The van der Waals surface area contributed by atoms with E-state index >= 15 is 0 Å². The number of morpholine rings is 1. The lowest BCUT2D eigenvalue weighted by atomic mass is 10.1. The topological polar surface area (TPSA) is 47.4 Å². The molecular formula is C16H19N3O2. The molecule has 3 rings (SSSR count). The Labute approximate surface area is 124 Å². The van der Waals surface area contributed by atoms with Crippen LogP contribution in [0.4, 0.5) is 0 Å². The van der Waals surface area contributed by atoms with Crippen LogP contribution in [0.3, 0.4) is 0 Å². The molecule has 2 heterocycles. The molecule has 1 aromatic heterocycles. The van der Waals surface area contributed by atoms with Crippen LogP contribution in [0, 0.1) is 0 Å². The van der Waals surface area contributed by atoms with Crippen LogP contribution in [0.2, 0.25) is 0 Å². The second-order valence-corrected chi connectivity index (χ2v) is 5.27. The molecule has 5 heteroatoms. The van der Waals surface area contributed by atoms with Crippen LogP contribution >= 0.6 is 0 Å². The molecule has 1 amide bonds. The van der Waals surface area contributed by atoms with Crippen molar-refractivity contribution >= 4 is 5.91 Å². The van der Waals surface area contributed by atoms with Gasteiger partial charge in [-0.3, -0.25) is 9.48 Å². The van der Waals surface area contributed by atoms with Gasteiger partial charge in [0.05, 0.1) is 12.7 Å². The Balaban J connectivity index is 1.66. The first-order chi connectivity index (χ1) is 10.2. The fourth-order valence-electron chi connectivity index (χ4n) is 2.65. The monoisotopic (exact) mass is 285 g/mol. The molecule has 0 aliphatic carbocycles. The van der Waals surface area contributed by atoms with Gasteiger partial charge < -0.3 is 9.64 Å². The number of aromatic nitrogens is 2. The van der Waals surface area contributed by atoms with Gasteiger partial charge in [0.1, 0.15) is 5.69 Å². The maximum absolute atomic E-state index is 12.5. The van der Waals surface area contributed by atoms with Crippen LogP contribution in [0.25, 0.3) is 0 Å². The van der Waals surface area contributed by atoms with Crippen LogP contribution in [0.15, 0.2) is 42.6 Å². The smallest absolute Gasteiger partial charge is 0.272 e. The van der Waals surface area contributed by atoms with Crippen molar-refractivity contribution < 1.29 is 9.53 Å². The van der Waals surface area contributed by atoms with Crippen molar-refractivity contribution in [2.24, 2.45) is 7.05 Å². The number of ether oxygens (including phenoxy) is 1. The lowest BCUT2D eigenvalue weighted by molar-refractivity contribution is -0.0211. The SMILES string of the molecule is Cn1nccc1C(=O)N1CCO[C@@H](Cc2ccccc2)C1. The number of nitrogens with zero attached hydrogens (tertiary/aromatic N) is 3. The lowest BCUT2D eigenvalue weighted by Gasteiger charge is -2.33. The van der Waals surface area contributed by atoms with Gasteiger partial charge >= 0.3 is 0 Å². The van der Waals surface area contributed by atoms with Crippen molar-refractivity contribution in [3.8, 4) is 0 Å². The number of aryl methyl sites for hydroxylation is 1. The normalized spacial score (nSPS) is 18.7. The third-order valence-corrected chi connectivity index (χ3v) is 3.77. The highest BCUT2D eigenvalue weighted by molar-refractivity contribution is 5.92. The van der Waals surface area contributed by atoms with E-state index in [0.717, 1.165) is 6.42 Å². The van der Waals surface area contributed by atoms with Crippen molar-refractivity contribution in [2.75, 3.05) is 19.7 Å². The second kappa shape index (κ2) is 6.10. The van der Waals surface area contributed by atoms with E-state index in [0.29, 0.717) is 25.4 Å². The van der Waals surface area contributed by atoms with E-state index in [1.165, 1.54) is 5.56 Å². The molecule has 1 fully saturated rings. The maximum atomic E-state index is 12.5. The van der Waals surface area contributed by atoms with E-state index in [9.17, 15) is 4.79 Å². The third-order valence-electron chi connectivity index (χ3n) is 3.77. The first-order valence-corrected chi connectivity index (χ1v) is 7.17. The van der Waals surface area contributed by atoms with Crippen LogP contribution in [-0.2, 0) is 18.2 Å². The first kappa shape index (κ1) is 13.8. The molecule has 0 N–H and O–H groups in total. The van der Waals surface area contributed by atoms with E-state index < -0.39 is 0 Å². The van der Waals surface area contributed by atoms with E-state index in [1.54, 1.807) is 24.0 Å². The zero-order chi connectivity index (χ0) is 14.7. The van der Waals surface area contributed by atoms with Crippen molar-refractivity contribution in [2.45, 2.75) is 12.5 Å². The molecule has 0 bridgehead atoms. The van der Waals surface area contributed by atoms with Crippen molar-refractivity contribution in [1.82, 2.24) is 14.7 Å². The predicted octanol–water partition coefficient (Wildman–Crippen LogP) is 1.50. The van der Waals surface area contributed by atoms with Gasteiger partial charge in [-0.15, -0.1) is 0 Å². The molecule has 0 unspecified atom stereocenters. The summed E-state index contributed by atoms with van der Waals surface area (Å²) in [4.78, 5) is 14.3. The van der Waals surface area contributed by atoms with Crippen molar-refractivity contribution in [1.29, 1.82) is 0 Å². The third kappa shape index (κ3) is 3.13. The van der Waals surface area contributed by atoms with E-state index in [4.69, 9.17) is 4.74 Å². The predicted molar refractivity (Wildman–Crippen MR) is 79.0 cm³/mol. The summed E-state index contributed by atoms with van der Waals surface area (Å²) in [6, 6.07) is 12.0. The minimum atomic E-state index is 0.0244. The average Bonchev–Trinajstić information content (AvgIpc) is 2.94. The average molecular weight is 285 g/mol. The Morgan fingerprint density at radius 2 is 2.14 bits per heavy atom. The minimum Gasteiger partial charge on any atom is -0.374 e. The van der Waals surface area contributed by atoms with Gasteiger partial charge in [0, 0.05) is 32.8 Å². The Kier molecular flexibility index (Phi) is 4.01. The van der Waals surface area contributed by atoms with Gasteiger partial charge in [0.25, 0.3) is 5.91 Å². The summed E-state index contributed by atoms with van der Waals surface area (Å²) in [5, 5.41) is 4.06. The highest BCUT2D eigenvalue weighted by atomic mass is 16.5. The summed E-state index contributed by atoms with van der Waals surface area (Å²) in [5.41, 5.74) is 1.85. The van der Waals surface area contributed by atoms with E-state index in [2.05, 4.69) is 17.2 Å². The number of hydrogen-bond acceptors (Lipinski definition) is 3. The second-order valence-electron chi connectivity index (χ2n) is 5.27. The molecule has 1 aliphatic heterocycles. The molecule has 1 saturated heterocycles. The number of hydrogen-bond donors (Lipinski definition) is 0. The van der Waals surface area contributed by atoms with Crippen molar-refractivity contribution in [3.05, 3.63) is 53.9 Å². The van der Waals surface area contributed by atoms with Gasteiger partial charge in [-0.05, 0) is 11.6 Å². The van der Waals surface area contributed by atoms with Crippen LogP contribution in [-0.4, -0.2) is 46.4 Å². The maximum Gasteiger partial charge on any atom is 0.272 e. The molecule has 1 aliphatic rings. The summed E-state index contributed by atoms with van der Waals surface area (Å²) in [7, 11) is 1.79. The zero-order valence-electron chi connectivity index (χ0n) is 12.1. The van der Waals surface area contributed by atoms with Crippen LogP contribution < -0.4 is 0 Å². The fraction of sp³-hybridized carbons (Fsp3) is 0.375. The van der Waals surface area contributed by atoms with Crippen molar-refractivity contribution in [3.63, 3.8) is 0 Å². The Hall–Kier alpha value is -2.14. The summed E-state index contributed by atoms with van der Waals surface area (Å²) >= 11 is 0. The molecular weight excluding hydrogens is 266 g/mol. The molecule has 1 aromatic carbocycles. The Morgan fingerprint density at radius 1 is 1.33 bits per heavy atom. The molecule has 5 nitrogen and oxygen atoms in total. The fourth-order valence-corrected chi connectivity index (χ4v) is 2.65. The van der Waals surface area contributed by atoms with Gasteiger partial charge in [-0.2, -0.15) is 5.10 Å². The molecule has 0 saturated carbocycles. The quantitative estimate of drug-likeness (QED) is 0.858. The highest BCUT2D eigenvalue weighted by Crippen LogP contribution is 2.14. The van der Waals surface area contributed by atoms with Gasteiger partial charge in [-0.1, -0.05) is 30.3 Å². The minimum absolute atomic E-state index is 0.0244. The number of benzene rings is 1. The molecule has 110 valence electrons. The number of rotatable bonds is 3.